The highest BCUT2D eigenvalue weighted by molar-refractivity contribution is 6.23. The van der Waals surface area contributed by atoms with Gasteiger partial charge in [-0.1, -0.05) is 115 Å². The number of carbonyl (C=O) groups is 4. The number of morpholine rings is 1. The van der Waals surface area contributed by atoms with Gasteiger partial charge in [-0.05, 0) is 58.1 Å². The summed E-state index contributed by atoms with van der Waals surface area (Å²) in [7, 11) is 1.45. The summed E-state index contributed by atoms with van der Waals surface area (Å²) in [6.07, 6.45) is -2.98. The van der Waals surface area contributed by atoms with Crippen LogP contribution in [-0.4, -0.2) is 96.8 Å². The van der Waals surface area contributed by atoms with E-state index in [1.807, 2.05) is 65.6 Å². The third kappa shape index (κ3) is 8.48. The number of esters is 1. The summed E-state index contributed by atoms with van der Waals surface area (Å²) in [5.74, 6) is 2.41. The topological polar surface area (TPSA) is 184 Å². The Morgan fingerprint density at radius 3 is 2.14 bits per heavy atom. The molecule has 7 unspecified atom stereocenters. The van der Waals surface area contributed by atoms with E-state index in [1.54, 1.807) is 72.8 Å². The minimum Gasteiger partial charge on any atom is -0.491 e. The molecule has 0 aromatic heterocycles. The molecule has 0 bridgehead atoms. The Bertz CT molecular complexity index is 2550. The number of imide groups is 1. The molecule has 0 aliphatic carbocycles. The highest BCUT2D eigenvalue weighted by atomic mass is 16.6. The first-order valence-corrected chi connectivity index (χ1v) is 21.4. The molecule has 65 heavy (non-hydrogen) atoms. The minimum absolute atomic E-state index is 0.0186. The number of anilines is 1. The van der Waals surface area contributed by atoms with Crippen molar-refractivity contribution in [2.24, 2.45) is 5.92 Å². The van der Waals surface area contributed by atoms with Gasteiger partial charge in [-0.2, -0.15) is 0 Å². The van der Waals surface area contributed by atoms with Gasteiger partial charge in [0.1, 0.15) is 36.5 Å². The van der Waals surface area contributed by atoms with Crippen molar-refractivity contribution in [2.75, 3.05) is 51.6 Å². The molecule has 1 spiro atoms. The fourth-order valence-electron chi connectivity index (χ4n) is 9.47. The highest BCUT2D eigenvalue weighted by Crippen LogP contribution is 2.66. The van der Waals surface area contributed by atoms with Crippen LogP contribution in [0.5, 0.6) is 5.75 Å². The standard InChI is InChI=1S/C51H49N3O11/c1-62-29-30-64-50(61)53-40-25-20-33(13-11-12-26-55)31-39(40)51(49(53)60)42(47(58)52-32-41(57)34-14-5-2-6-15-34)44-48(59)65-45(36-18-9-4-10-19-36)43(35-16-7-3-8-17-35)54(44)46(51)37-21-23-38(24-22-37)63-28-27-56/h2-10,14-25,31,41-46,55-57H,12,26-30,32H2,1H3,(H,52,58). The first-order chi connectivity index (χ1) is 31.7. The highest BCUT2D eigenvalue weighted by Gasteiger charge is 2.75. The summed E-state index contributed by atoms with van der Waals surface area (Å²) in [5.41, 5.74) is 1.05. The maximum atomic E-state index is 16.2. The van der Waals surface area contributed by atoms with Gasteiger partial charge in [0.15, 0.2) is 0 Å². The second kappa shape index (κ2) is 19.9. The number of hydrogen-bond acceptors (Lipinski definition) is 12. The Morgan fingerprint density at radius 2 is 1.48 bits per heavy atom. The molecule has 7 atom stereocenters. The zero-order valence-corrected chi connectivity index (χ0v) is 35.6. The second-order valence-electron chi connectivity index (χ2n) is 15.8. The smallest absolute Gasteiger partial charge is 0.421 e. The van der Waals surface area contributed by atoms with E-state index in [4.69, 9.17) is 18.9 Å². The lowest BCUT2D eigenvalue weighted by Gasteiger charge is -2.46. The summed E-state index contributed by atoms with van der Waals surface area (Å²) in [5, 5.41) is 33.4. The predicted octanol–water partition coefficient (Wildman–Crippen LogP) is 5.09. The molecule has 8 rings (SSSR count). The second-order valence-corrected chi connectivity index (χ2v) is 15.8. The molecule has 14 heteroatoms. The predicted molar refractivity (Wildman–Crippen MR) is 237 cm³/mol. The zero-order chi connectivity index (χ0) is 45.5. The lowest BCUT2D eigenvalue weighted by atomic mass is 9.65. The summed E-state index contributed by atoms with van der Waals surface area (Å²) >= 11 is 0. The van der Waals surface area contributed by atoms with Crippen LogP contribution in [0.2, 0.25) is 0 Å². The molecule has 0 radical (unpaired) electrons. The number of cyclic esters (lactones) is 1. The fourth-order valence-corrected chi connectivity index (χ4v) is 9.47. The van der Waals surface area contributed by atoms with Crippen LogP contribution in [0.4, 0.5) is 10.5 Å². The van der Waals surface area contributed by atoms with Crippen molar-refractivity contribution in [3.05, 3.63) is 167 Å². The molecular weight excluding hydrogens is 831 g/mol. The molecule has 14 nitrogen and oxygen atoms in total. The van der Waals surface area contributed by atoms with Gasteiger partial charge in [0.05, 0.1) is 49.6 Å². The zero-order valence-electron chi connectivity index (χ0n) is 35.6. The first kappa shape index (κ1) is 44.7. The maximum absolute atomic E-state index is 16.2. The van der Waals surface area contributed by atoms with E-state index in [2.05, 4.69) is 17.2 Å². The number of amides is 3. The Labute approximate surface area is 376 Å². The normalized spacial score (nSPS) is 22.6. The Hall–Kier alpha value is -6.86. The third-order valence-corrected chi connectivity index (χ3v) is 12.1. The molecule has 3 amide bonds. The summed E-state index contributed by atoms with van der Waals surface area (Å²) in [6.45, 7) is -0.849. The molecule has 2 saturated heterocycles. The number of ether oxygens (including phenoxy) is 4. The number of rotatable bonds is 14. The number of fused-ring (bicyclic) bond motifs is 3. The molecule has 3 aliphatic rings. The number of aliphatic hydroxyl groups excluding tert-OH is 3. The van der Waals surface area contributed by atoms with Crippen molar-refractivity contribution in [2.45, 2.75) is 42.2 Å². The minimum atomic E-state index is -2.10. The van der Waals surface area contributed by atoms with E-state index in [9.17, 15) is 20.1 Å². The van der Waals surface area contributed by atoms with E-state index in [0.29, 0.717) is 33.6 Å². The number of methoxy groups -OCH3 is 1. The maximum Gasteiger partial charge on any atom is 0.421 e. The number of nitrogens with zero attached hydrogens (tertiary/aromatic N) is 2. The van der Waals surface area contributed by atoms with E-state index < -0.39 is 65.5 Å². The number of carbonyl (C=O) groups excluding carboxylic acids is 4. The summed E-state index contributed by atoms with van der Waals surface area (Å²) in [6, 6.07) is 35.6. The van der Waals surface area contributed by atoms with Crippen molar-refractivity contribution in [1.29, 1.82) is 0 Å². The molecule has 0 saturated carbocycles. The van der Waals surface area contributed by atoms with Crippen LogP contribution in [0, 0.1) is 17.8 Å². The molecule has 334 valence electrons. The summed E-state index contributed by atoms with van der Waals surface area (Å²) < 4.78 is 23.0. The molecule has 2 fully saturated rings. The van der Waals surface area contributed by atoms with Crippen LogP contribution in [0.25, 0.3) is 0 Å². The molecular formula is C51H49N3O11. The van der Waals surface area contributed by atoms with Gasteiger partial charge in [-0.3, -0.25) is 19.3 Å². The van der Waals surface area contributed by atoms with Crippen molar-refractivity contribution in [3.63, 3.8) is 0 Å². The van der Waals surface area contributed by atoms with Gasteiger partial charge in [-0.15, -0.1) is 0 Å². The monoisotopic (exact) mass is 879 g/mol. The van der Waals surface area contributed by atoms with Gasteiger partial charge < -0.3 is 39.6 Å². The van der Waals surface area contributed by atoms with E-state index in [0.717, 1.165) is 4.90 Å². The average molecular weight is 880 g/mol. The van der Waals surface area contributed by atoms with E-state index in [-0.39, 0.29) is 57.3 Å². The van der Waals surface area contributed by atoms with Gasteiger partial charge in [-0.25, -0.2) is 9.69 Å². The molecule has 3 aliphatic heterocycles. The Morgan fingerprint density at radius 1 is 0.800 bits per heavy atom. The van der Waals surface area contributed by atoms with Crippen LogP contribution < -0.4 is 15.0 Å². The van der Waals surface area contributed by atoms with E-state index in [1.165, 1.54) is 7.11 Å². The number of benzene rings is 5. The van der Waals surface area contributed by atoms with Crippen LogP contribution in [0.15, 0.2) is 133 Å². The molecule has 4 N–H and O–H groups in total. The first-order valence-electron chi connectivity index (χ1n) is 21.4. The number of hydrogen-bond donors (Lipinski definition) is 4. The lowest BCUT2D eigenvalue weighted by Crippen LogP contribution is -2.56. The quantitative estimate of drug-likeness (QED) is 0.0660. The van der Waals surface area contributed by atoms with Crippen LogP contribution in [0.1, 0.15) is 64.1 Å². The largest absolute Gasteiger partial charge is 0.491 e. The van der Waals surface area contributed by atoms with Crippen molar-refractivity contribution < 1.29 is 53.4 Å². The lowest BCUT2D eigenvalue weighted by molar-refractivity contribution is -0.178. The molecule has 5 aromatic carbocycles. The third-order valence-electron chi connectivity index (χ3n) is 12.1. The van der Waals surface area contributed by atoms with Crippen molar-refractivity contribution in [3.8, 4) is 17.6 Å². The average Bonchev–Trinajstić information content (AvgIpc) is 3.80. The fraction of sp³-hybridized carbons (Fsp3) is 0.294. The Kier molecular flexibility index (Phi) is 13.7. The number of nitrogens with one attached hydrogen (secondary N) is 1. The van der Waals surface area contributed by atoms with Gasteiger partial charge in [0, 0.05) is 25.6 Å². The van der Waals surface area contributed by atoms with Gasteiger partial charge >= 0.3 is 12.1 Å². The van der Waals surface area contributed by atoms with Gasteiger partial charge in [0.25, 0.3) is 0 Å². The Balaban J connectivity index is 1.42. The summed E-state index contributed by atoms with van der Waals surface area (Å²) in [4.78, 5) is 64.2. The van der Waals surface area contributed by atoms with E-state index >= 15 is 14.4 Å². The van der Waals surface area contributed by atoms with Gasteiger partial charge in [0.2, 0.25) is 11.8 Å². The number of aliphatic hydroxyl groups is 3. The van der Waals surface area contributed by atoms with Crippen LogP contribution in [0.3, 0.4) is 0 Å². The van der Waals surface area contributed by atoms with Crippen molar-refractivity contribution in [1.82, 2.24) is 10.2 Å². The SMILES string of the molecule is COCCOC(=O)N1C(=O)C2(c3cc(C#CCCO)ccc31)C(C(=O)NCC(O)c1ccccc1)C1C(=O)OC(c3ccccc3)C(c3ccccc3)N1C2c1ccc(OCCO)cc1. The molecule has 5 aromatic rings. The van der Waals surface area contributed by atoms with Crippen molar-refractivity contribution >= 4 is 29.6 Å². The van der Waals surface area contributed by atoms with Crippen LogP contribution in [-0.2, 0) is 34.0 Å². The van der Waals surface area contributed by atoms with Crippen LogP contribution >= 0.6 is 0 Å². The molecule has 3 heterocycles.